The molecule has 0 unspecified atom stereocenters. The molecule has 0 bridgehead atoms. The minimum absolute atomic E-state index is 0.101. The fourth-order valence-electron chi connectivity index (χ4n) is 3.49. The van der Waals surface area contributed by atoms with E-state index in [0.717, 1.165) is 31.6 Å². The van der Waals surface area contributed by atoms with Crippen LogP contribution >= 0.6 is 23.1 Å². The summed E-state index contributed by atoms with van der Waals surface area (Å²) >= 11 is 3.13. The van der Waals surface area contributed by atoms with Crippen molar-refractivity contribution in [1.29, 1.82) is 0 Å². The van der Waals surface area contributed by atoms with Crippen molar-refractivity contribution >= 4 is 29.1 Å². The van der Waals surface area contributed by atoms with Crippen molar-refractivity contribution < 1.29 is 27.8 Å². The summed E-state index contributed by atoms with van der Waals surface area (Å²) < 4.78 is 43.8. The molecule has 1 heterocycles. The summed E-state index contributed by atoms with van der Waals surface area (Å²) in [6.07, 6.45) is 1.39. The summed E-state index contributed by atoms with van der Waals surface area (Å²) in [4.78, 5) is 18.5. The Morgan fingerprint density at radius 3 is 2.47 bits per heavy atom. The highest BCUT2D eigenvalue weighted by molar-refractivity contribution is 7.98. The van der Waals surface area contributed by atoms with Gasteiger partial charge < -0.3 is 14.2 Å². The number of ether oxygens (including phenoxy) is 3. The van der Waals surface area contributed by atoms with E-state index in [2.05, 4.69) is 11.6 Å². The Kier molecular flexibility index (Phi) is 9.50. The fraction of sp³-hybridized carbons (Fsp3) is 0.333. The average molecular weight is 534 g/mol. The predicted octanol–water partition coefficient (Wildman–Crippen LogP) is 7.20. The quantitative estimate of drug-likeness (QED) is 0.139. The second-order valence-corrected chi connectivity index (χ2v) is 9.94. The van der Waals surface area contributed by atoms with Crippen LogP contribution in [0.4, 0.5) is 8.78 Å². The van der Waals surface area contributed by atoms with E-state index in [1.807, 2.05) is 19.1 Å². The number of rotatable bonds is 12. The van der Waals surface area contributed by atoms with E-state index in [0.29, 0.717) is 36.4 Å². The highest BCUT2D eigenvalue weighted by Crippen LogP contribution is 2.40. The molecule has 9 heteroatoms. The summed E-state index contributed by atoms with van der Waals surface area (Å²) in [5.41, 5.74) is 2.46. The number of carbonyl (C=O) groups excluding carboxylic acids is 1. The third-order valence-corrected chi connectivity index (χ3v) is 7.95. The molecule has 0 atom stereocenters. The number of aryl methyl sites for hydroxylation is 2. The van der Waals surface area contributed by atoms with Gasteiger partial charge in [0.25, 0.3) is 5.92 Å². The third-order valence-electron chi connectivity index (χ3n) is 5.49. The Labute approximate surface area is 218 Å². The minimum Gasteiger partial charge on any atom is -0.496 e. The zero-order valence-electron chi connectivity index (χ0n) is 20.7. The van der Waals surface area contributed by atoms with Gasteiger partial charge in [-0.25, -0.2) is 4.98 Å². The normalized spacial score (nSPS) is 11.3. The first kappa shape index (κ1) is 27.7. The lowest BCUT2D eigenvalue weighted by Gasteiger charge is -2.14. The maximum atomic E-state index is 13.8. The molecule has 0 spiro atoms. The molecule has 36 heavy (non-hydrogen) atoms. The molecule has 0 N–H and O–H groups in total. The molecule has 0 saturated heterocycles. The van der Waals surface area contributed by atoms with E-state index in [1.54, 1.807) is 45.0 Å². The lowest BCUT2D eigenvalue weighted by molar-refractivity contribution is -0.143. The SMILES string of the molecule is C=CC(F)(F)c1ccc(-c2nc(C)c(CSc3cc(CCC(=O)OCC)c(OC)cc3OC)s2)cc1. The van der Waals surface area contributed by atoms with Crippen LogP contribution in [0.2, 0.25) is 0 Å². The van der Waals surface area contributed by atoms with Crippen molar-refractivity contribution in [3.63, 3.8) is 0 Å². The summed E-state index contributed by atoms with van der Waals surface area (Å²) in [5, 5.41) is 0.772. The zero-order chi connectivity index (χ0) is 26.3. The van der Waals surface area contributed by atoms with Crippen LogP contribution in [0.5, 0.6) is 11.5 Å². The summed E-state index contributed by atoms with van der Waals surface area (Å²) in [5.74, 6) is -1.33. The van der Waals surface area contributed by atoms with E-state index >= 15 is 0 Å². The van der Waals surface area contributed by atoms with Gasteiger partial charge in [0.15, 0.2) is 0 Å². The summed E-state index contributed by atoms with van der Waals surface area (Å²) in [7, 11) is 3.19. The van der Waals surface area contributed by atoms with Crippen molar-refractivity contribution in [2.24, 2.45) is 0 Å². The first-order valence-corrected chi connectivity index (χ1v) is 13.1. The summed E-state index contributed by atoms with van der Waals surface area (Å²) in [6.45, 7) is 7.27. The Morgan fingerprint density at radius 2 is 1.86 bits per heavy atom. The maximum Gasteiger partial charge on any atom is 0.306 e. The minimum atomic E-state index is -3.06. The molecule has 0 amide bonds. The number of hydrogen-bond acceptors (Lipinski definition) is 7. The van der Waals surface area contributed by atoms with Gasteiger partial charge in [-0.15, -0.1) is 23.1 Å². The molecular formula is C27H29F2NO4S2. The van der Waals surface area contributed by atoms with E-state index in [4.69, 9.17) is 14.2 Å². The molecule has 3 rings (SSSR count). The highest BCUT2D eigenvalue weighted by atomic mass is 32.2. The monoisotopic (exact) mass is 533 g/mol. The van der Waals surface area contributed by atoms with E-state index in [1.165, 1.54) is 23.5 Å². The van der Waals surface area contributed by atoms with Crippen molar-refractivity contribution in [3.05, 3.63) is 70.8 Å². The van der Waals surface area contributed by atoms with Crippen LogP contribution in [0, 0.1) is 6.92 Å². The maximum absolute atomic E-state index is 13.8. The van der Waals surface area contributed by atoms with Crippen LogP contribution in [0.3, 0.4) is 0 Å². The van der Waals surface area contributed by atoms with Gasteiger partial charge in [0.05, 0.1) is 31.4 Å². The molecule has 0 aliphatic carbocycles. The van der Waals surface area contributed by atoms with Gasteiger partial charge in [-0.05, 0) is 38.0 Å². The number of carbonyl (C=O) groups is 1. The van der Waals surface area contributed by atoms with Crippen LogP contribution in [0.25, 0.3) is 10.6 Å². The Balaban J connectivity index is 1.78. The largest absolute Gasteiger partial charge is 0.496 e. The third kappa shape index (κ3) is 6.64. The Morgan fingerprint density at radius 1 is 1.17 bits per heavy atom. The number of allylic oxidation sites excluding steroid dienone is 1. The number of hydrogen-bond donors (Lipinski definition) is 0. The highest BCUT2D eigenvalue weighted by Gasteiger charge is 2.26. The van der Waals surface area contributed by atoms with E-state index in [-0.39, 0.29) is 18.0 Å². The van der Waals surface area contributed by atoms with Gasteiger partial charge in [0.1, 0.15) is 16.5 Å². The molecule has 0 aliphatic heterocycles. The van der Waals surface area contributed by atoms with Crippen LogP contribution in [0.15, 0.2) is 53.9 Å². The summed E-state index contributed by atoms with van der Waals surface area (Å²) in [6, 6.07) is 9.94. The number of alkyl halides is 2. The smallest absolute Gasteiger partial charge is 0.306 e. The Bertz CT molecular complexity index is 1210. The van der Waals surface area contributed by atoms with Gasteiger partial charge in [0.2, 0.25) is 0 Å². The molecule has 1 aromatic heterocycles. The zero-order valence-corrected chi connectivity index (χ0v) is 22.4. The molecule has 0 saturated carbocycles. The molecule has 3 aromatic rings. The molecular weight excluding hydrogens is 504 g/mol. The second kappa shape index (κ2) is 12.4. The van der Waals surface area contributed by atoms with Gasteiger partial charge in [-0.1, -0.05) is 30.8 Å². The van der Waals surface area contributed by atoms with Crippen LogP contribution in [-0.2, 0) is 27.6 Å². The lowest BCUT2D eigenvalue weighted by atomic mass is 10.1. The average Bonchev–Trinajstić information content (AvgIpc) is 3.26. The fourth-order valence-corrected chi connectivity index (χ4v) is 5.77. The van der Waals surface area contributed by atoms with Crippen molar-refractivity contribution in [2.45, 2.75) is 43.3 Å². The topological polar surface area (TPSA) is 57.7 Å². The number of benzene rings is 2. The van der Waals surface area contributed by atoms with Crippen LogP contribution in [-0.4, -0.2) is 31.8 Å². The number of esters is 1. The van der Waals surface area contributed by atoms with Crippen LogP contribution in [0.1, 0.15) is 35.0 Å². The number of thioether (sulfide) groups is 1. The molecule has 192 valence electrons. The van der Waals surface area contributed by atoms with Gasteiger partial charge in [-0.2, -0.15) is 8.78 Å². The Hall–Kier alpha value is -2.91. The first-order chi connectivity index (χ1) is 17.2. The second-order valence-electron chi connectivity index (χ2n) is 7.84. The van der Waals surface area contributed by atoms with E-state index < -0.39 is 5.92 Å². The molecule has 0 fully saturated rings. The number of nitrogens with zero attached hydrogens (tertiary/aromatic N) is 1. The van der Waals surface area contributed by atoms with Gasteiger partial charge >= 0.3 is 5.97 Å². The lowest BCUT2D eigenvalue weighted by Crippen LogP contribution is -2.08. The standard InChI is InChI=1S/C27H29F2NO4S2/c1-6-27(28,29)20-11-8-18(9-12-20)26-30-17(3)24(36-26)16-35-23-14-19(10-13-25(31)34-7-2)21(32-4)15-22(23)33-5/h6,8-9,11-12,14-15H,1,7,10,13,16H2,2-5H3. The number of halogens is 2. The van der Waals surface area contributed by atoms with E-state index in [9.17, 15) is 13.6 Å². The number of thiazole rings is 1. The number of methoxy groups -OCH3 is 2. The van der Waals surface area contributed by atoms with Gasteiger partial charge in [0, 0.05) is 34.2 Å². The predicted molar refractivity (Wildman–Crippen MR) is 140 cm³/mol. The molecule has 5 nitrogen and oxygen atoms in total. The molecule has 0 aliphatic rings. The van der Waals surface area contributed by atoms with Crippen LogP contribution < -0.4 is 9.47 Å². The van der Waals surface area contributed by atoms with Gasteiger partial charge in [-0.3, -0.25) is 4.79 Å². The van der Waals surface area contributed by atoms with Crippen molar-refractivity contribution in [1.82, 2.24) is 4.98 Å². The van der Waals surface area contributed by atoms with Crippen molar-refractivity contribution in [2.75, 3.05) is 20.8 Å². The number of aromatic nitrogens is 1. The molecule has 0 radical (unpaired) electrons. The molecule has 2 aromatic carbocycles. The first-order valence-electron chi connectivity index (χ1n) is 11.3. The van der Waals surface area contributed by atoms with Crippen molar-refractivity contribution in [3.8, 4) is 22.1 Å².